The number of hydrogen-bond acceptors (Lipinski definition) is 2. The lowest BCUT2D eigenvalue weighted by atomic mass is 10.1. The number of benzene rings is 1. The molecular weight excluding hydrogens is 174 g/mol. The Bertz CT molecular complexity index is 372. The molecule has 1 heterocycles. The summed E-state index contributed by atoms with van der Waals surface area (Å²) in [6.45, 7) is 4.18. The van der Waals surface area contributed by atoms with E-state index in [-0.39, 0.29) is 5.72 Å². The zero-order valence-corrected chi connectivity index (χ0v) is 8.58. The Kier molecular flexibility index (Phi) is 1.56. The zero-order valence-electron chi connectivity index (χ0n) is 8.58. The van der Waals surface area contributed by atoms with Crippen molar-refractivity contribution >= 4 is 0 Å². The molecule has 2 heteroatoms. The smallest absolute Gasteiger partial charge is 0.114 e. The van der Waals surface area contributed by atoms with Crippen LogP contribution in [-0.2, 0) is 11.2 Å². The summed E-state index contributed by atoms with van der Waals surface area (Å²) in [6, 6.07) is 9.02. The Morgan fingerprint density at radius 3 is 3.00 bits per heavy atom. The fraction of sp³-hybridized carbons (Fsp3) is 0.500. The lowest BCUT2D eigenvalue weighted by Crippen LogP contribution is -2.35. The number of ether oxygens (including phenoxy) is 1. The Morgan fingerprint density at radius 1 is 1.36 bits per heavy atom. The van der Waals surface area contributed by atoms with E-state index < -0.39 is 0 Å². The van der Waals surface area contributed by atoms with Gasteiger partial charge < -0.3 is 4.74 Å². The van der Waals surface area contributed by atoms with Gasteiger partial charge in [-0.3, -0.25) is 5.32 Å². The summed E-state index contributed by atoms with van der Waals surface area (Å²) in [6.07, 6.45) is 1.39. The second-order valence-electron chi connectivity index (χ2n) is 4.69. The second kappa shape index (κ2) is 2.59. The summed E-state index contributed by atoms with van der Waals surface area (Å²) >= 11 is 0. The molecule has 0 aromatic heterocycles. The van der Waals surface area contributed by atoms with Gasteiger partial charge in [-0.15, -0.1) is 0 Å². The van der Waals surface area contributed by atoms with E-state index in [1.165, 1.54) is 11.1 Å². The fourth-order valence-electron chi connectivity index (χ4n) is 2.63. The molecule has 3 rings (SSSR count). The third-order valence-electron chi connectivity index (χ3n) is 3.13. The monoisotopic (exact) mass is 189 g/mol. The molecular formula is C12H15NO. The van der Waals surface area contributed by atoms with Crippen LogP contribution in [0.2, 0.25) is 0 Å². The molecule has 1 aliphatic carbocycles. The Morgan fingerprint density at radius 2 is 2.14 bits per heavy atom. The lowest BCUT2D eigenvalue weighted by molar-refractivity contribution is -0.0226. The largest absolute Gasteiger partial charge is 0.356 e. The molecule has 1 aliphatic heterocycles. The molecule has 0 saturated carbocycles. The molecule has 0 amide bonds. The van der Waals surface area contributed by atoms with Crippen molar-refractivity contribution < 1.29 is 4.74 Å². The standard InChI is InChI=1S/C12H15NO/c1-12(2)13-11-9-6-4-3-5-8(9)7-10(11)14-12/h3-6,10-11,13H,7H2,1-2H3/t10-,11+/m0/s1. The maximum Gasteiger partial charge on any atom is 0.114 e. The molecule has 0 bridgehead atoms. The van der Waals surface area contributed by atoms with E-state index in [2.05, 4.69) is 43.4 Å². The first kappa shape index (κ1) is 8.45. The van der Waals surface area contributed by atoms with Crippen LogP contribution in [0.25, 0.3) is 0 Å². The highest BCUT2D eigenvalue weighted by Crippen LogP contribution is 2.40. The van der Waals surface area contributed by atoms with Crippen molar-refractivity contribution in [3.8, 4) is 0 Å². The number of nitrogens with one attached hydrogen (secondary N) is 1. The molecule has 0 unspecified atom stereocenters. The van der Waals surface area contributed by atoms with Gasteiger partial charge in [-0.25, -0.2) is 0 Å². The van der Waals surface area contributed by atoms with Crippen LogP contribution in [0.1, 0.15) is 31.0 Å². The van der Waals surface area contributed by atoms with Crippen molar-refractivity contribution in [2.24, 2.45) is 0 Å². The minimum atomic E-state index is -0.164. The van der Waals surface area contributed by atoms with Crippen molar-refractivity contribution in [3.63, 3.8) is 0 Å². The molecule has 1 saturated heterocycles. The van der Waals surface area contributed by atoms with Gasteiger partial charge >= 0.3 is 0 Å². The topological polar surface area (TPSA) is 21.3 Å². The van der Waals surface area contributed by atoms with Gasteiger partial charge in [0, 0.05) is 6.42 Å². The van der Waals surface area contributed by atoms with Gasteiger partial charge in [0.25, 0.3) is 0 Å². The van der Waals surface area contributed by atoms with Crippen molar-refractivity contribution in [2.75, 3.05) is 0 Å². The molecule has 2 nitrogen and oxygen atoms in total. The van der Waals surface area contributed by atoms with Crippen molar-refractivity contribution in [2.45, 2.75) is 38.1 Å². The van der Waals surface area contributed by atoms with Crippen molar-refractivity contribution in [1.82, 2.24) is 5.32 Å². The summed E-state index contributed by atoms with van der Waals surface area (Å²) < 4.78 is 5.94. The first-order valence-electron chi connectivity index (χ1n) is 5.19. The van der Waals surface area contributed by atoms with Gasteiger partial charge in [-0.2, -0.15) is 0 Å². The van der Waals surface area contributed by atoms with Crippen molar-refractivity contribution in [3.05, 3.63) is 35.4 Å². The molecule has 2 atom stereocenters. The van der Waals surface area contributed by atoms with E-state index in [0.717, 1.165) is 6.42 Å². The van der Waals surface area contributed by atoms with Crippen LogP contribution in [0, 0.1) is 0 Å². The predicted octanol–water partition coefficient (Wildman–Crippen LogP) is 2.01. The fourth-order valence-corrected chi connectivity index (χ4v) is 2.63. The molecule has 2 aliphatic rings. The molecule has 74 valence electrons. The summed E-state index contributed by atoms with van der Waals surface area (Å²) in [5, 5.41) is 3.53. The van der Waals surface area contributed by atoms with Crippen molar-refractivity contribution in [1.29, 1.82) is 0 Å². The summed E-state index contributed by atoms with van der Waals surface area (Å²) in [7, 11) is 0. The first-order valence-corrected chi connectivity index (χ1v) is 5.19. The Balaban J connectivity index is 2.00. The van der Waals surface area contributed by atoms with E-state index in [1.807, 2.05) is 0 Å². The molecule has 14 heavy (non-hydrogen) atoms. The minimum Gasteiger partial charge on any atom is -0.356 e. The van der Waals surface area contributed by atoms with Crippen LogP contribution in [0.5, 0.6) is 0 Å². The summed E-state index contributed by atoms with van der Waals surface area (Å²) in [5.41, 5.74) is 2.69. The third-order valence-corrected chi connectivity index (χ3v) is 3.13. The minimum absolute atomic E-state index is 0.164. The van der Waals surface area contributed by atoms with Gasteiger partial charge in [-0.1, -0.05) is 24.3 Å². The first-order chi connectivity index (χ1) is 6.66. The van der Waals surface area contributed by atoms with E-state index >= 15 is 0 Å². The normalized spacial score (nSPS) is 32.7. The van der Waals surface area contributed by atoms with E-state index in [0.29, 0.717) is 12.1 Å². The van der Waals surface area contributed by atoms with Crippen LogP contribution in [0.4, 0.5) is 0 Å². The van der Waals surface area contributed by atoms with Crippen LogP contribution in [-0.4, -0.2) is 11.8 Å². The van der Waals surface area contributed by atoms with Crippen LogP contribution in [0.3, 0.4) is 0 Å². The number of hydrogen-bond donors (Lipinski definition) is 1. The van der Waals surface area contributed by atoms with Crippen LogP contribution < -0.4 is 5.32 Å². The third kappa shape index (κ3) is 1.11. The van der Waals surface area contributed by atoms with Crippen LogP contribution >= 0.6 is 0 Å². The Labute approximate surface area is 84.3 Å². The summed E-state index contributed by atoms with van der Waals surface area (Å²) in [5.74, 6) is 0. The average molecular weight is 189 g/mol. The highest BCUT2D eigenvalue weighted by Gasteiger charge is 2.44. The molecule has 1 N–H and O–H groups in total. The van der Waals surface area contributed by atoms with E-state index in [1.54, 1.807) is 0 Å². The van der Waals surface area contributed by atoms with E-state index in [4.69, 9.17) is 4.74 Å². The molecule has 1 fully saturated rings. The van der Waals surface area contributed by atoms with Gasteiger partial charge in [0.15, 0.2) is 0 Å². The highest BCUT2D eigenvalue weighted by molar-refractivity contribution is 5.37. The van der Waals surface area contributed by atoms with Crippen LogP contribution in [0.15, 0.2) is 24.3 Å². The highest BCUT2D eigenvalue weighted by atomic mass is 16.5. The molecule has 0 radical (unpaired) electrons. The molecule has 1 aromatic carbocycles. The average Bonchev–Trinajstić information content (AvgIpc) is 2.56. The maximum atomic E-state index is 5.94. The van der Waals surface area contributed by atoms with Gasteiger partial charge in [-0.05, 0) is 25.0 Å². The quantitative estimate of drug-likeness (QED) is 0.674. The SMILES string of the molecule is CC1(C)N[C@@H]2c3ccccc3C[C@@H]2O1. The predicted molar refractivity (Wildman–Crippen MR) is 55.0 cm³/mol. The van der Waals surface area contributed by atoms with Gasteiger partial charge in [0.2, 0.25) is 0 Å². The van der Waals surface area contributed by atoms with E-state index in [9.17, 15) is 0 Å². The molecule has 0 spiro atoms. The number of rotatable bonds is 0. The zero-order chi connectivity index (χ0) is 9.76. The maximum absolute atomic E-state index is 5.94. The Hall–Kier alpha value is -0.860. The molecule has 1 aromatic rings. The summed E-state index contributed by atoms with van der Waals surface area (Å²) in [4.78, 5) is 0. The van der Waals surface area contributed by atoms with Gasteiger partial charge in [0.05, 0.1) is 12.1 Å². The van der Waals surface area contributed by atoms with Gasteiger partial charge in [0.1, 0.15) is 5.72 Å². The second-order valence-corrected chi connectivity index (χ2v) is 4.69. The lowest BCUT2D eigenvalue weighted by Gasteiger charge is -2.19. The number of fused-ring (bicyclic) bond motifs is 3.